The number of aromatic nitrogens is 1. The zero-order valence-electron chi connectivity index (χ0n) is 10.2. The molecule has 2 nitrogen and oxygen atoms in total. The molecule has 2 rings (SSSR count). The summed E-state index contributed by atoms with van der Waals surface area (Å²) in [5.41, 5.74) is 1.15. The molecule has 94 valence electrons. The van der Waals surface area contributed by atoms with Gasteiger partial charge in [-0.25, -0.2) is 4.98 Å². The average Bonchev–Trinajstić information content (AvgIpc) is 2.31. The van der Waals surface area contributed by atoms with Crippen molar-refractivity contribution >= 4 is 27.5 Å². The molecule has 0 bridgehead atoms. The van der Waals surface area contributed by atoms with Crippen molar-refractivity contribution in [1.29, 1.82) is 0 Å². The summed E-state index contributed by atoms with van der Waals surface area (Å²) in [6.45, 7) is 4.27. The van der Waals surface area contributed by atoms with Crippen LogP contribution in [0, 0.1) is 0 Å². The lowest BCUT2D eigenvalue weighted by molar-refractivity contribution is 0.472. The Morgan fingerprint density at radius 1 is 1.22 bits per heavy atom. The highest BCUT2D eigenvalue weighted by Gasteiger charge is 2.09. The molecule has 0 aliphatic carbocycles. The Morgan fingerprint density at radius 2 is 2.00 bits per heavy atom. The van der Waals surface area contributed by atoms with Crippen molar-refractivity contribution in [3.05, 3.63) is 51.7 Å². The lowest BCUT2D eigenvalue weighted by Crippen LogP contribution is -1.94. The molecule has 18 heavy (non-hydrogen) atoms. The topological polar surface area (TPSA) is 22.1 Å². The highest BCUT2D eigenvalue weighted by Crippen LogP contribution is 2.33. The van der Waals surface area contributed by atoms with Crippen molar-refractivity contribution < 1.29 is 4.74 Å². The molecule has 0 saturated carbocycles. The molecule has 0 unspecified atom stereocenters. The molecule has 1 aromatic heterocycles. The predicted octanol–water partition coefficient (Wildman–Crippen LogP) is 5.41. The van der Waals surface area contributed by atoms with Gasteiger partial charge in [0, 0.05) is 16.7 Å². The van der Waals surface area contributed by atoms with Gasteiger partial charge in [-0.15, -0.1) is 0 Å². The Labute approximate surface area is 120 Å². The zero-order chi connectivity index (χ0) is 13.1. The van der Waals surface area contributed by atoms with Crippen molar-refractivity contribution in [1.82, 2.24) is 4.98 Å². The van der Waals surface area contributed by atoms with Gasteiger partial charge in [-0.3, -0.25) is 0 Å². The molecule has 0 aliphatic rings. The molecular formula is C14H13BrClNO. The maximum atomic E-state index is 5.86. The molecular weight excluding hydrogens is 314 g/mol. The highest BCUT2D eigenvalue weighted by molar-refractivity contribution is 9.10. The summed E-state index contributed by atoms with van der Waals surface area (Å²) < 4.78 is 6.91. The van der Waals surface area contributed by atoms with Gasteiger partial charge in [0.25, 0.3) is 0 Å². The molecule has 0 saturated heterocycles. The summed E-state index contributed by atoms with van der Waals surface area (Å²) >= 11 is 9.32. The van der Waals surface area contributed by atoms with Crippen LogP contribution in [-0.4, -0.2) is 4.98 Å². The number of pyridine rings is 1. The van der Waals surface area contributed by atoms with E-state index in [2.05, 4.69) is 40.8 Å². The van der Waals surface area contributed by atoms with Gasteiger partial charge >= 0.3 is 0 Å². The van der Waals surface area contributed by atoms with Crippen molar-refractivity contribution in [2.24, 2.45) is 0 Å². The largest absolute Gasteiger partial charge is 0.457 e. The maximum absolute atomic E-state index is 5.86. The number of hydrogen-bond acceptors (Lipinski definition) is 2. The van der Waals surface area contributed by atoms with Gasteiger partial charge < -0.3 is 4.74 Å². The number of ether oxygens (including phenoxy) is 1. The van der Waals surface area contributed by atoms with Gasteiger partial charge in [0.1, 0.15) is 16.7 Å². The first-order valence-electron chi connectivity index (χ1n) is 5.65. The second-order valence-electron chi connectivity index (χ2n) is 4.25. The van der Waals surface area contributed by atoms with Gasteiger partial charge in [-0.2, -0.15) is 0 Å². The monoisotopic (exact) mass is 325 g/mol. The minimum atomic E-state index is 0.384. The van der Waals surface area contributed by atoms with Crippen LogP contribution < -0.4 is 4.74 Å². The van der Waals surface area contributed by atoms with E-state index >= 15 is 0 Å². The Hall–Kier alpha value is -1.06. The van der Waals surface area contributed by atoms with Crippen LogP contribution in [0.1, 0.15) is 25.3 Å². The van der Waals surface area contributed by atoms with E-state index in [9.17, 15) is 0 Å². The van der Waals surface area contributed by atoms with Crippen LogP contribution >= 0.6 is 27.5 Å². The van der Waals surface area contributed by atoms with Gasteiger partial charge in [0.2, 0.25) is 0 Å². The van der Waals surface area contributed by atoms with Crippen LogP contribution in [0.4, 0.5) is 0 Å². The summed E-state index contributed by atoms with van der Waals surface area (Å²) in [5, 5.41) is 0.427. The van der Waals surface area contributed by atoms with Crippen molar-refractivity contribution in [3.8, 4) is 11.5 Å². The molecule has 0 radical (unpaired) electrons. The van der Waals surface area contributed by atoms with Crippen LogP contribution in [-0.2, 0) is 0 Å². The minimum Gasteiger partial charge on any atom is -0.457 e. The SMILES string of the molecule is CC(C)c1cc(Br)ccc1Oc1ccnc(Cl)c1. The first-order valence-corrected chi connectivity index (χ1v) is 6.82. The molecule has 0 spiro atoms. The Bertz CT molecular complexity index is 557. The quantitative estimate of drug-likeness (QED) is 0.703. The van der Waals surface area contributed by atoms with Gasteiger partial charge in [-0.1, -0.05) is 41.4 Å². The number of rotatable bonds is 3. The van der Waals surface area contributed by atoms with Crippen LogP contribution in [0.3, 0.4) is 0 Å². The molecule has 1 heterocycles. The van der Waals surface area contributed by atoms with E-state index in [0.717, 1.165) is 15.8 Å². The van der Waals surface area contributed by atoms with Gasteiger partial charge in [0.05, 0.1) is 0 Å². The third-order valence-electron chi connectivity index (χ3n) is 2.52. The second-order valence-corrected chi connectivity index (χ2v) is 5.56. The van der Waals surface area contributed by atoms with Crippen molar-refractivity contribution in [2.45, 2.75) is 19.8 Å². The summed E-state index contributed by atoms with van der Waals surface area (Å²) in [6, 6.07) is 9.48. The first kappa shape index (κ1) is 13.4. The smallest absolute Gasteiger partial charge is 0.132 e. The number of nitrogens with zero attached hydrogens (tertiary/aromatic N) is 1. The van der Waals surface area contributed by atoms with E-state index in [-0.39, 0.29) is 0 Å². The van der Waals surface area contributed by atoms with Crippen LogP contribution in [0.2, 0.25) is 5.15 Å². The summed E-state index contributed by atoms with van der Waals surface area (Å²) in [5.74, 6) is 1.92. The first-order chi connectivity index (χ1) is 8.56. The lowest BCUT2D eigenvalue weighted by Gasteiger charge is -2.14. The van der Waals surface area contributed by atoms with E-state index in [0.29, 0.717) is 16.8 Å². The highest BCUT2D eigenvalue weighted by atomic mass is 79.9. The van der Waals surface area contributed by atoms with E-state index in [1.165, 1.54) is 0 Å². The third-order valence-corrected chi connectivity index (χ3v) is 3.22. The van der Waals surface area contributed by atoms with Crippen molar-refractivity contribution in [2.75, 3.05) is 0 Å². The Kier molecular flexibility index (Phi) is 4.25. The molecule has 4 heteroatoms. The molecule has 0 amide bonds. The van der Waals surface area contributed by atoms with Crippen LogP contribution in [0.15, 0.2) is 41.0 Å². The standard InChI is InChI=1S/C14H13BrClNO/c1-9(2)12-7-10(15)3-4-13(12)18-11-5-6-17-14(16)8-11/h3-9H,1-2H3. The average molecular weight is 327 g/mol. The Morgan fingerprint density at radius 3 is 2.67 bits per heavy atom. The van der Waals surface area contributed by atoms with Crippen molar-refractivity contribution in [3.63, 3.8) is 0 Å². The minimum absolute atomic E-state index is 0.384. The summed E-state index contributed by atoms with van der Waals surface area (Å²) in [6.07, 6.45) is 1.63. The van der Waals surface area contributed by atoms with E-state index in [1.807, 2.05) is 12.1 Å². The fraction of sp³-hybridized carbons (Fsp3) is 0.214. The van der Waals surface area contributed by atoms with E-state index in [4.69, 9.17) is 16.3 Å². The van der Waals surface area contributed by atoms with Gasteiger partial charge in [0.15, 0.2) is 0 Å². The molecule has 0 aliphatic heterocycles. The maximum Gasteiger partial charge on any atom is 0.132 e. The van der Waals surface area contributed by atoms with Gasteiger partial charge in [-0.05, 0) is 35.7 Å². The number of benzene rings is 1. The Balaban J connectivity index is 2.34. The predicted molar refractivity (Wildman–Crippen MR) is 77.6 cm³/mol. The lowest BCUT2D eigenvalue weighted by atomic mass is 10.0. The van der Waals surface area contributed by atoms with Crippen LogP contribution in [0.25, 0.3) is 0 Å². The van der Waals surface area contributed by atoms with Crippen LogP contribution in [0.5, 0.6) is 11.5 Å². The molecule has 0 N–H and O–H groups in total. The van der Waals surface area contributed by atoms with E-state index < -0.39 is 0 Å². The number of hydrogen-bond donors (Lipinski definition) is 0. The molecule has 2 aromatic rings. The molecule has 0 atom stereocenters. The second kappa shape index (κ2) is 5.72. The third kappa shape index (κ3) is 3.24. The zero-order valence-corrected chi connectivity index (χ0v) is 12.5. The molecule has 0 fully saturated rings. The fourth-order valence-electron chi connectivity index (χ4n) is 1.64. The summed E-state index contributed by atoms with van der Waals surface area (Å²) in [7, 11) is 0. The normalized spacial score (nSPS) is 10.7. The fourth-order valence-corrected chi connectivity index (χ4v) is 2.18. The summed E-state index contributed by atoms with van der Waals surface area (Å²) in [4.78, 5) is 3.93. The molecule has 1 aromatic carbocycles. The number of halogens is 2. The van der Waals surface area contributed by atoms with E-state index in [1.54, 1.807) is 18.3 Å².